The number of anilines is 2. The molecule has 140 valence electrons. The minimum absolute atomic E-state index is 0.177. The molecule has 0 bridgehead atoms. The molecule has 2 N–H and O–H groups in total. The van der Waals surface area contributed by atoms with Crippen LogP contribution in [0, 0.1) is 0 Å². The summed E-state index contributed by atoms with van der Waals surface area (Å²) in [5, 5.41) is 7.88. The highest BCUT2D eigenvalue weighted by molar-refractivity contribution is 6.03. The number of carbonyl (C=O) groups excluding carboxylic acids is 2. The Hall–Kier alpha value is -2.76. The maximum atomic E-state index is 12.5. The summed E-state index contributed by atoms with van der Waals surface area (Å²) in [6.45, 7) is 10.2. The number of rotatable bonds is 6. The van der Waals surface area contributed by atoms with Gasteiger partial charge in [-0.25, -0.2) is 9.59 Å². The van der Waals surface area contributed by atoms with Crippen LogP contribution >= 0.6 is 0 Å². The van der Waals surface area contributed by atoms with E-state index >= 15 is 0 Å². The SMILES string of the molecule is CCN(CC)C(=O)Nc1cc2ccccc2cc1NC(=O)N(CC)CC. The van der Waals surface area contributed by atoms with E-state index in [0.717, 1.165) is 10.8 Å². The van der Waals surface area contributed by atoms with Crippen molar-refractivity contribution in [3.8, 4) is 0 Å². The monoisotopic (exact) mass is 356 g/mol. The third-order valence-electron chi connectivity index (χ3n) is 4.47. The summed E-state index contributed by atoms with van der Waals surface area (Å²) in [4.78, 5) is 28.4. The average molecular weight is 356 g/mol. The molecule has 0 heterocycles. The van der Waals surface area contributed by atoms with Gasteiger partial charge in [-0.15, -0.1) is 0 Å². The van der Waals surface area contributed by atoms with Crippen molar-refractivity contribution >= 4 is 34.2 Å². The molecule has 0 saturated heterocycles. The molecule has 26 heavy (non-hydrogen) atoms. The molecule has 0 saturated carbocycles. The number of fused-ring (bicyclic) bond motifs is 1. The first-order valence-corrected chi connectivity index (χ1v) is 9.18. The van der Waals surface area contributed by atoms with Crippen LogP contribution in [0.25, 0.3) is 10.8 Å². The highest BCUT2D eigenvalue weighted by Gasteiger charge is 2.16. The first kappa shape index (κ1) is 19.6. The topological polar surface area (TPSA) is 64.7 Å². The Morgan fingerprint density at radius 3 is 1.38 bits per heavy atom. The number of urea groups is 2. The Bertz CT molecular complexity index is 703. The first-order chi connectivity index (χ1) is 12.5. The third-order valence-corrected chi connectivity index (χ3v) is 4.47. The number of benzene rings is 2. The van der Waals surface area contributed by atoms with Gasteiger partial charge in [-0.05, 0) is 50.6 Å². The van der Waals surface area contributed by atoms with E-state index in [4.69, 9.17) is 0 Å². The molecule has 0 aliphatic carbocycles. The van der Waals surface area contributed by atoms with Crippen LogP contribution in [-0.4, -0.2) is 48.0 Å². The second-order valence-electron chi connectivity index (χ2n) is 5.95. The molecule has 6 heteroatoms. The van der Waals surface area contributed by atoms with E-state index in [1.807, 2.05) is 64.1 Å². The van der Waals surface area contributed by atoms with Gasteiger partial charge >= 0.3 is 12.1 Å². The minimum atomic E-state index is -0.177. The van der Waals surface area contributed by atoms with Crippen LogP contribution in [0.15, 0.2) is 36.4 Å². The van der Waals surface area contributed by atoms with E-state index in [1.54, 1.807) is 9.80 Å². The van der Waals surface area contributed by atoms with E-state index in [1.165, 1.54) is 0 Å². The van der Waals surface area contributed by atoms with Crippen LogP contribution in [0.2, 0.25) is 0 Å². The largest absolute Gasteiger partial charge is 0.325 e. The number of nitrogens with one attached hydrogen (secondary N) is 2. The molecular weight excluding hydrogens is 328 g/mol. The maximum absolute atomic E-state index is 12.5. The van der Waals surface area contributed by atoms with Gasteiger partial charge in [-0.1, -0.05) is 24.3 Å². The fourth-order valence-corrected chi connectivity index (χ4v) is 2.86. The van der Waals surface area contributed by atoms with Gasteiger partial charge in [0.05, 0.1) is 11.4 Å². The fourth-order valence-electron chi connectivity index (χ4n) is 2.86. The third kappa shape index (κ3) is 4.45. The molecular formula is C20H28N4O2. The van der Waals surface area contributed by atoms with E-state index in [2.05, 4.69) is 10.6 Å². The van der Waals surface area contributed by atoms with Crippen molar-refractivity contribution in [2.45, 2.75) is 27.7 Å². The standard InChI is InChI=1S/C20H28N4O2/c1-5-23(6-2)19(25)21-17-13-15-11-9-10-12-16(15)14-18(17)22-20(26)24(7-3)8-4/h9-14H,5-8H2,1-4H3,(H,21,25)(H,22,26). The van der Waals surface area contributed by atoms with E-state index < -0.39 is 0 Å². The second-order valence-corrected chi connectivity index (χ2v) is 5.95. The van der Waals surface area contributed by atoms with Gasteiger partial charge in [0, 0.05) is 26.2 Å². The molecule has 0 spiro atoms. The molecule has 2 rings (SSSR count). The van der Waals surface area contributed by atoms with Crippen LogP contribution in [0.5, 0.6) is 0 Å². The molecule has 0 atom stereocenters. The summed E-state index contributed by atoms with van der Waals surface area (Å²) in [5.74, 6) is 0. The van der Waals surface area contributed by atoms with Crippen LogP contribution < -0.4 is 10.6 Å². The number of amides is 4. The average Bonchev–Trinajstić information content (AvgIpc) is 2.64. The van der Waals surface area contributed by atoms with Crippen molar-refractivity contribution in [3.63, 3.8) is 0 Å². The number of hydrogen-bond acceptors (Lipinski definition) is 2. The molecule has 6 nitrogen and oxygen atoms in total. The van der Waals surface area contributed by atoms with Gasteiger partial charge in [0.2, 0.25) is 0 Å². The molecule has 2 aromatic rings. The molecule has 0 fully saturated rings. The zero-order valence-corrected chi connectivity index (χ0v) is 16.0. The zero-order chi connectivity index (χ0) is 19.1. The zero-order valence-electron chi connectivity index (χ0n) is 16.0. The van der Waals surface area contributed by atoms with Gasteiger partial charge in [0.1, 0.15) is 0 Å². The lowest BCUT2D eigenvalue weighted by Gasteiger charge is -2.23. The quantitative estimate of drug-likeness (QED) is 0.795. The van der Waals surface area contributed by atoms with Crippen LogP contribution in [-0.2, 0) is 0 Å². The predicted molar refractivity (Wildman–Crippen MR) is 108 cm³/mol. The highest BCUT2D eigenvalue weighted by atomic mass is 16.2. The summed E-state index contributed by atoms with van der Waals surface area (Å²) >= 11 is 0. The van der Waals surface area contributed by atoms with Gasteiger partial charge < -0.3 is 20.4 Å². The lowest BCUT2D eigenvalue weighted by Crippen LogP contribution is -2.36. The fraction of sp³-hybridized carbons (Fsp3) is 0.400. The van der Waals surface area contributed by atoms with Crippen molar-refractivity contribution < 1.29 is 9.59 Å². The molecule has 0 radical (unpaired) electrons. The van der Waals surface area contributed by atoms with Gasteiger partial charge in [-0.2, -0.15) is 0 Å². The van der Waals surface area contributed by atoms with E-state index in [9.17, 15) is 9.59 Å². The summed E-state index contributed by atoms with van der Waals surface area (Å²) in [6.07, 6.45) is 0. The highest BCUT2D eigenvalue weighted by Crippen LogP contribution is 2.29. The molecule has 0 aliphatic heterocycles. The lowest BCUT2D eigenvalue weighted by molar-refractivity contribution is 0.216. The Morgan fingerprint density at radius 2 is 1.08 bits per heavy atom. The lowest BCUT2D eigenvalue weighted by atomic mass is 10.1. The van der Waals surface area contributed by atoms with E-state index in [0.29, 0.717) is 37.6 Å². The Kier molecular flexibility index (Phi) is 6.83. The second kappa shape index (κ2) is 9.08. The first-order valence-electron chi connectivity index (χ1n) is 9.18. The molecule has 4 amide bonds. The maximum Gasteiger partial charge on any atom is 0.321 e. The smallest absolute Gasteiger partial charge is 0.321 e. The molecule has 0 unspecified atom stereocenters. The molecule has 2 aromatic carbocycles. The number of carbonyl (C=O) groups is 2. The van der Waals surface area contributed by atoms with Crippen molar-refractivity contribution in [1.82, 2.24) is 9.80 Å². The van der Waals surface area contributed by atoms with Crippen LogP contribution in [0.1, 0.15) is 27.7 Å². The minimum Gasteiger partial charge on any atom is -0.325 e. The molecule has 0 aliphatic rings. The number of hydrogen-bond donors (Lipinski definition) is 2. The predicted octanol–water partition coefficient (Wildman–Crippen LogP) is 4.59. The van der Waals surface area contributed by atoms with Crippen molar-refractivity contribution in [2.75, 3.05) is 36.8 Å². The van der Waals surface area contributed by atoms with Gasteiger partial charge in [0.25, 0.3) is 0 Å². The van der Waals surface area contributed by atoms with Gasteiger partial charge in [0.15, 0.2) is 0 Å². The summed E-state index contributed by atoms with van der Waals surface area (Å²) in [5.41, 5.74) is 1.20. The van der Waals surface area contributed by atoms with Crippen LogP contribution in [0.4, 0.5) is 21.0 Å². The number of nitrogens with zero attached hydrogens (tertiary/aromatic N) is 2. The normalized spacial score (nSPS) is 10.5. The van der Waals surface area contributed by atoms with Gasteiger partial charge in [-0.3, -0.25) is 0 Å². The molecule has 0 aromatic heterocycles. The Balaban J connectivity index is 2.39. The summed E-state index contributed by atoms with van der Waals surface area (Å²) < 4.78 is 0. The van der Waals surface area contributed by atoms with Crippen molar-refractivity contribution in [2.24, 2.45) is 0 Å². The Morgan fingerprint density at radius 1 is 0.731 bits per heavy atom. The summed E-state index contributed by atoms with van der Waals surface area (Å²) in [6, 6.07) is 11.3. The Labute approximate surface area is 155 Å². The van der Waals surface area contributed by atoms with Crippen molar-refractivity contribution in [1.29, 1.82) is 0 Å². The van der Waals surface area contributed by atoms with E-state index in [-0.39, 0.29) is 12.1 Å². The summed E-state index contributed by atoms with van der Waals surface area (Å²) in [7, 11) is 0. The van der Waals surface area contributed by atoms with Crippen molar-refractivity contribution in [3.05, 3.63) is 36.4 Å². The van der Waals surface area contributed by atoms with Crippen LogP contribution in [0.3, 0.4) is 0 Å².